The Morgan fingerprint density at radius 1 is 0.787 bits per heavy atom. The van der Waals surface area contributed by atoms with Gasteiger partial charge in [-0.2, -0.15) is 0 Å². The zero-order valence-electron chi connectivity index (χ0n) is 34.5. The predicted molar refractivity (Wildman–Crippen MR) is 229 cm³/mol. The molecule has 7 aliphatic rings. The van der Waals surface area contributed by atoms with Crippen molar-refractivity contribution in [3.63, 3.8) is 0 Å². The van der Waals surface area contributed by atoms with Crippen LogP contribution in [0.4, 0.5) is 11.4 Å². The number of hydrogen-bond acceptors (Lipinski definition) is 10. The number of phenolic OH excluding ortho intramolecular Hbond substituents is 1. The summed E-state index contributed by atoms with van der Waals surface area (Å²) >= 11 is 0. The summed E-state index contributed by atoms with van der Waals surface area (Å²) in [5, 5.41) is 12.6. The predicted octanol–water partition coefficient (Wildman–Crippen LogP) is 5.56. The van der Waals surface area contributed by atoms with E-state index in [1.165, 1.54) is 27.9 Å². The second kappa shape index (κ2) is 15.5. The molecule has 316 valence electrons. The summed E-state index contributed by atoms with van der Waals surface area (Å²) in [6.45, 7) is 7.50. The molecule has 4 atom stereocenters. The first-order valence-electron chi connectivity index (χ1n) is 22.2. The lowest BCUT2D eigenvalue weighted by Crippen LogP contribution is -2.59. The standard InChI is InChI=1S/C49H53N5O7/c55-37-11-13-39-34(24-37)8-12-38(32-4-2-1-3-5-32)45(39)33-6-9-35(10-7-33)52-20-18-49(19-21-52)60-28-31(29-61-49)25-51-22-23-53-36(26-51)30-59-46-41-27-54(43-16-17-44(56)50-47(43)57)48(58)40(41)14-15-42(46)53/h1-7,9-11,13-15,24,31,36,38,43,45,55H,8,12,16-23,25-30H2,(H,50,56,57)/t36-,38-,43+,45+/m1/s1. The first-order chi connectivity index (χ1) is 29.8. The van der Waals surface area contributed by atoms with Crippen molar-refractivity contribution < 1.29 is 33.7 Å². The molecule has 1 aliphatic carbocycles. The summed E-state index contributed by atoms with van der Waals surface area (Å²) in [5.74, 6) is 0.590. The highest BCUT2D eigenvalue weighted by molar-refractivity contribution is 6.06. The van der Waals surface area contributed by atoms with Crippen LogP contribution in [0.15, 0.2) is 84.9 Å². The van der Waals surface area contributed by atoms with Gasteiger partial charge in [-0.15, -0.1) is 0 Å². The summed E-state index contributed by atoms with van der Waals surface area (Å²) in [7, 11) is 0. The molecule has 6 heterocycles. The zero-order chi connectivity index (χ0) is 41.2. The number of rotatable bonds is 6. The zero-order valence-corrected chi connectivity index (χ0v) is 34.5. The van der Waals surface area contributed by atoms with Crippen molar-refractivity contribution in [1.29, 1.82) is 0 Å². The summed E-state index contributed by atoms with van der Waals surface area (Å²) in [4.78, 5) is 46.7. The molecule has 6 aliphatic heterocycles. The number of nitrogens with zero attached hydrogens (tertiary/aromatic N) is 4. The number of phenols is 1. The molecule has 3 amide bonds. The highest BCUT2D eigenvalue weighted by Crippen LogP contribution is 2.48. The lowest BCUT2D eigenvalue weighted by atomic mass is 9.69. The number of nitrogens with one attached hydrogen (secondary N) is 1. The molecule has 0 unspecified atom stereocenters. The molecular weight excluding hydrogens is 771 g/mol. The number of aryl methyl sites for hydroxylation is 1. The van der Waals surface area contributed by atoms with Crippen molar-refractivity contribution in [1.82, 2.24) is 15.1 Å². The average Bonchev–Trinajstić information content (AvgIpc) is 3.63. The van der Waals surface area contributed by atoms with E-state index in [1.54, 1.807) is 4.90 Å². The molecule has 0 bridgehead atoms. The van der Waals surface area contributed by atoms with Crippen LogP contribution < -0.4 is 19.9 Å². The maximum absolute atomic E-state index is 13.4. The van der Waals surface area contributed by atoms with E-state index in [-0.39, 0.29) is 30.2 Å². The van der Waals surface area contributed by atoms with Crippen LogP contribution in [-0.2, 0) is 32.0 Å². The fourth-order valence-electron chi connectivity index (χ4n) is 11.4. The fourth-order valence-corrected chi connectivity index (χ4v) is 11.4. The number of carbonyl (C=O) groups is 3. The molecule has 4 saturated heterocycles. The van der Waals surface area contributed by atoms with E-state index in [2.05, 4.69) is 80.7 Å². The van der Waals surface area contributed by atoms with Gasteiger partial charge < -0.3 is 34.0 Å². The minimum atomic E-state index is -0.647. The molecule has 12 nitrogen and oxygen atoms in total. The van der Waals surface area contributed by atoms with Gasteiger partial charge in [-0.1, -0.05) is 48.5 Å². The van der Waals surface area contributed by atoms with Crippen LogP contribution >= 0.6 is 0 Å². The van der Waals surface area contributed by atoms with Crippen LogP contribution in [0.1, 0.15) is 82.1 Å². The number of carbonyl (C=O) groups excluding carboxylic acids is 3. The normalized spacial score (nSPS) is 26.3. The average molecular weight is 824 g/mol. The fraction of sp³-hybridized carbons (Fsp3) is 0.449. The third-order valence-corrected chi connectivity index (χ3v) is 14.6. The molecule has 0 radical (unpaired) electrons. The first kappa shape index (κ1) is 38.5. The molecule has 2 N–H and O–H groups in total. The first-order valence-corrected chi connectivity index (χ1v) is 22.2. The number of fused-ring (bicyclic) bond motifs is 6. The second-order valence-electron chi connectivity index (χ2n) is 18.2. The number of piperazine rings is 1. The number of piperidine rings is 2. The van der Waals surface area contributed by atoms with Crippen LogP contribution in [0.25, 0.3) is 0 Å². The minimum absolute atomic E-state index is 0.180. The summed E-state index contributed by atoms with van der Waals surface area (Å²) in [6, 6.07) is 29.4. The summed E-state index contributed by atoms with van der Waals surface area (Å²) in [6.07, 6.45) is 4.24. The Kier molecular flexibility index (Phi) is 9.77. The molecule has 0 aromatic heterocycles. The van der Waals surface area contributed by atoms with Gasteiger partial charge in [-0.25, -0.2) is 0 Å². The number of amides is 3. The molecule has 4 aromatic rings. The van der Waals surface area contributed by atoms with E-state index in [0.717, 1.165) is 82.0 Å². The van der Waals surface area contributed by atoms with Crippen molar-refractivity contribution >= 4 is 29.1 Å². The number of benzene rings is 4. The van der Waals surface area contributed by atoms with Gasteiger partial charge in [0.2, 0.25) is 11.8 Å². The number of hydrogen-bond donors (Lipinski definition) is 2. The van der Waals surface area contributed by atoms with Crippen molar-refractivity contribution in [2.45, 2.75) is 74.8 Å². The molecule has 1 spiro atoms. The van der Waals surface area contributed by atoms with E-state index in [0.29, 0.717) is 55.9 Å². The molecule has 11 rings (SSSR count). The summed E-state index contributed by atoms with van der Waals surface area (Å²) in [5.41, 5.74) is 8.90. The van der Waals surface area contributed by atoms with Crippen LogP contribution in [0.5, 0.6) is 11.5 Å². The van der Waals surface area contributed by atoms with E-state index < -0.39 is 17.7 Å². The number of ether oxygens (including phenoxy) is 3. The van der Waals surface area contributed by atoms with Crippen LogP contribution in [0, 0.1) is 5.92 Å². The van der Waals surface area contributed by atoms with Crippen LogP contribution in [-0.4, -0.2) is 110 Å². The summed E-state index contributed by atoms with van der Waals surface area (Å²) < 4.78 is 19.6. The Morgan fingerprint density at radius 2 is 1.59 bits per heavy atom. The van der Waals surface area contributed by atoms with Crippen molar-refractivity contribution in [2.24, 2.45) is 5.92 Å². The van der Waals surface area contributed by atoms with Gasteiger partial charge in [0, 0.05) is 87.2 Å². The Balaban J connectivity index is 0.681. The Labute approximate surface area is 356 Å². The number of aromatic hydroxyl groups is 1. The highest BCUT2D eigenvalue weighted by Gasteiger charge is 2.45. The third-order valence-electron chi connectivity index (χ3n) is 14.6. The van der Waals surface area contributed by atoms with Gasteiger partial charge in [0.05, 0.1) is 31.5 Å². The number of anilines is 2. The monoisotopic (exact) mass is 823 g/mol. The molecule has 0 saturated carbocycles. The van der Waals surface area contributed by atoms with Gasteiger partial charge in [-0.05, 0) is 83.8 Å². The van der Waals surface area contributed by atoms with Crippen LogP contribution in [0.2, 0.25) is 0 Å². The maximum Gasteiger partial charge on any atom is 0.255 e. The quantitative estimate of drug-likeness (QED) is 0.239. The van der Waals surface area contributed by atoms with Crippen molar-refractivity contribution in [3.8, 4) is 11.5 Å². The second-order valence-corrected chi connectivity index (χ2v) is 18.2. The largest absolute Gasteiger partial charge is 0.508 e. The van der Waals surface area contributed by atoms with Gasteiger partial charge in [0.1, 0.15) is 24.1 Å². The van der Waals surface area contributed by atoms with E-state index >= 15 is 0 Å². The van der Waals surface area contributed by atoms with Gasteiger partial charge in [0.25, 0.3) is 5.91 Å². The number of imide groups is 1. The van der Waals surface area contributed by atoms with Crippen molar-refractivity contribution in [3.05, 3.63) is 118 Å². The van der Waals surface area contributed by atoms with Gasteiger partial charge in [-0.3, -0.25) is 24.6 Å². The molecule has 12 heteroatoms. The Hall–Kier alpha value is -5.43. The Morgan fingerprint density at radius 3 is 2.38 bits per heavy atom. The van der Waals surface area contributed by atoms with Gasteiger partial charge in [0.15, 0.2) is 5.79 Å². The lowest BCUT2D eigenvalue weighted by Gasteiger charge is -2.48. The molecule has 4 aromatic carbocycles. The minimum Gasteiger partial charge on any atom is -0.508 e. The van der Waals surface area contributed by atoms with E-state index in [1.807, 2.05) is 24.3 Å². The smallest absolute Gasteiger partial charge is 0.255 e. The van der Waals surface area contributed by atoms with Crippen LogP contribution in [0.3, 0.4) is 0 Å². The third kappa shape index (κ3) is 7.02. The Bertz CT molecular complexity index is 2340. The molecule has 61 heavy (non-hydrogen) atoms. The van der Waals surface area contributed by atoms with Crippen molar-refractivity contribution in [2.75, 3.05) is 68.9 Å². The maximum atomic E-state index is 13.4. The molecule has 4 fully saturated rings. The molecular formula is C49H53N5O7. The van der Waals surface area contributed by atoms with E-state index in [9.17, 15) is 19.5 Å². The van der Waals surface area contributed by atoms with E-state index in [4.69, 9.17) is 14.2 Å². The SMILES string of the molecule is O=C1CC[C@H](N2Cc3c(ccc4c3OC[C@H]3CN(CC5COC6(CCN(c7ccc([C@@H]8c9ccc(O)cc9CC[C@@H]8c8ccccc8)cc7)CC6)OC5)CCN43)C2=O)C(=O)N1. The topological polar surface area (TPSA) is 124 Å². The van der Waals surface area contributed by atoms with Gasteiger partial charge >= 0.3 is 0 Å². The highest BCUT2D eigenvalue weighted by atomic mass is 16.7. The lowest BCUT2D eigenvalue weighted by molar-refractivity contribution is -0.291.